The van der Waals surface area contributed by atoms with Crippen molar-refractivity contribution in [2.45, 2.75) is 63.8 Å². The third-order valence-electron chi connectivity index (χ3n) is 3.45. The number of hydrogen-bond acceptors (Lipinski definition) is 11. The van der Waals surface area contributed by atoms with Crippen LogP contribution in [0.4, 0.5) is 0 Å². The molecule has 0 bridgehead atoms. The van der Waals surface area contributed by atoms with E-state index in [1.165, 1.54) is 14.0 Å². The fourth-order valence-corrected chi connectivity index (χ4v) is 3.34. The second-order valence-corrected chi connectivity index (χ2v) is 6.58. The first-order valence-corrected chi connectivity index (χ1v) is 9.29. The van der Waals surface area contributed by atoms with E-state index in [1.54, 1.807) is 6.26 Å². The molecular weight excluding hydrogens is 384 g/mol. The van der Waals surface area contributed by atoms with Crippen molar-refractivity contribution in [1.82, 2.24) is 0 Å². The Balaban J connectivity index is 3.36. The van der Waals surface area contributed by atoms with Crippen LogP contribution in [0.15, 0.2) is 0 Å². The number of carbonyl (C=O) groups excluding carboxylic acids is 4. The lowest BCUT2D eigenvalue weighted by Gasteiger charge is -2.45. The molecule has 0 saturated carbocycles. The third kappa shape index (κ3) is 6.67. The van der Waals surface area contributed by atoms with Crippen LogP contribution in [0, 0.1) is 0 Å². The van der Waals surface area contributed by atoms with Crippen molar-refractivity contribution in [2.24, 2.45) is 0 Å². The Morgan fingerprint density at radius 2 is 1.30 bits per heavy atom. The minimum Gasteiger partial charge on any atom is -0.455 e. The molecule has 0 N–H and O–H groups in total. The fourth-order valence-electron chi connectivity index (χ4n) is 2.63. The zero-order valence-corrected chi connectivity index (χ0v) is 16.8. The molecule has 1 aliphatic heterocycles. The first-order chi connectivity index (χ1) is 12.6. The van der Waals surface area contributed by atoms with Crippen molar-refractivity contribution in [3.63, 3.8) is 0 Å². The Morgan fingerprint density at radius 3 is 1.70 bits per heavy atom. The number of thioether (sulfide) groups is 1. The molecule has 1 unspecified atom stereocenters. The van der Waals surface area contributed by atoms with Crippen LogP contribution in [-0.4, -0.2) is 73.4 Å². The van der Waals surface area contributed by atoms with E-state index in [1.807, 2.05) is 0 Å². The van der Waals surface area contributed by atoms with Crippen molar-refractivity contribution in [1.29, 1.82) is 0 Å². The van der Waals surface area contributed by atoms with Crippen LogP contribution in [-0.2, 0) is 47.6 Å². The fraction of sp³-hybridized carbons (Fsp3) is 0.750. The molecule has 6 atom stereocenters. The monoisotopic (exact) mass is 408 g/mol. The van der Waals surface area contributed by atoms with Crippen molar-refractivity contribution in [3.8, 4) is 0 Å². The smallest absolute Gasteiger partial charge is 0.303 e. The Labute approximate surface area is 161 Å². The van der Waals surface area contributed by atoms with Crippen LogP contribution in [0.1, 0.15) is 27.7 Å². The summed E-state index contributed by atoms with van der Waals surface area (Å²) < 4.78 is 32.0. The molecule has 1 rings (SSSR count). The molecule has 1 saturated heterocycles. The van der Waals surface area contributed by atoms with E-state index in [-0.39, 0.29) is 0 Å². The zero-order chi connectivity index (χ0) is 20.7. The number of hydrogen-bond donors (Lipinski definition) is 0. The van der Waals surface area contributed by atoms with E-state index >= 15 is 0 Å². The number of carbonyl (C=O) groups is 4. The van der Waals surface area contributed by atoms with Gasteiger partial charge < -0.3 is 28.4 Å². The number of methoxy groups -OCH3 is 1. The maximum Gasteiger partial charge on any atom is 0.303 e. The molecule has 154 valence electrons. The second-order valence-electron chi connectivity index (χ2n) is 5.64. The van der Waals surface area contributed by atoms with Crippen LogP contribution < -0.4 is 0 Å². The Morgan fingerprint density at radius 1 is 0.815 bits per heavy atom. The molecule has 1 aliphatic rings. The van der Waals surface area contributed by atoms with Gasteiger partial charge in [0.1, 0.15) is 6.10 Å². The molecule has 1 heterocycles. The van der Waals surface area contributed by atoms with Crippen molar-refractivity contribution in [2.75, 3.05) is 13.4 Å². The summed E-state index contributed by atoms with van der Waals surface area (Å²) in [5, 5.41) is 0. The van der Waals surface area contributed by atoms with E-state index in [0.29, 0.717) is 0 Å². The normalized spacial score (nSPS) is 28.6. The molecule has 11 heteroatoms. The minimum absolute atomic E-state index is 0.584. The molecule has 0 aromatic carbocycles. The van der Waals surface area contributed by atoms with E-state index in [2.05, 4.69) is 0 Å². The summed E-state index contributed by atoms with van der Waals surface area (Å²) in [6, 6.07) is 0. The number of rotatable bonds is 7. The van der Waals surface area contributed by atoms with Gasteiger partial charge in [0.05, 0.1) is 0 Å². The van der Waals surface area contributed by atoms with E-state index in [9.17, 15) is 19.2 Å². The highest BCUT2D eigenvalue weighted by Crippen LogP contribution is 2.34. The third-order valence-corrected chi connectivity index (χ3v) is 4.28. The lowest BCUT2D eigenvalue weighted by atomic mass is 9.98. The Hall–Kier alpha value is -1.85. The molecule has 10 nitrogen and oxygen atoms in total. The molecule has 0 spiro atoms. The van der Waals surface area contributed by atoms with Gasteiger partial charge >= 0.3 is 23.9 Å². The van der Waals surface area contributed by atoms with Crippen LogP contribution in [0.3, 0.4) is 0 Å². The molecule has 0 aliphatic carbocycles. The number of esters is 4. The predicted octanol–water partition coefficient (Wildman–Crippen LogP) is 0.405. The average Bonchev–Trinajstić information content (AvgIpc) is 2.54. The summed E-state index contributed by atoms with van der Waals surface area (Å²) in [6.07, 6.45) is -4.18. The summed E-state index contributed by atoms with van der Waals surface area (Å²) >= 11 is 1.12. The topological polar surface area (TPSA) is 124 Å². The van der Waals surface area contributed by atoms with Gasteiger partial charge in [0.25, 0.3) is 0 Å². The predicted molar refractivity (Wildman–Crippen MR) is 91.4 cm³/mol. The van der Waals surface area contributed by atoms with E-state index in [0.717, 1.165) is 32.5 Å². The highest BCUT2D eigenvalue weighted by Gasteiger charge is 2.55. The van der Waals surface area contributed by atoms with Gasteiger partial charge in [0.15, 0.2) is 30.0 Å². The molecule has 1 fully saturated rings. The van der Waals surface area contributed by atoms with Crippen molar-refractivity contribution >= 4 is 35.6 Å². The lowest BCUT2D eigenvalue weighted by Crippen LogP contribution is -2.64. The van der Waals surface area contributed by atoms with Gasteiger partial charge in [-0.1, -0.05) is 0 Å². The van der Waals surface area contributed by atoms with E-state index < -0.39 is 60.0 Å². The first-order valence-electron chi connectivity index (χ1n) is 8.00. The van der Waals surface area contributed by atoms with Gasteiger partial charge in [0.2, 0.25) is 0 Å². The maximum absolute atomic E-state index is 11.6. The van der Waals surface area contributed by atoms with Gasteiger partial charge in [-0.15, -0.1) is 11.8 Å². The average molecular weight is 408 g/mol. The zero-order valence-electron chi connectivity index (χ0n) is 16.0. The van der Waals surface area contributed by atoms with Crippen LogP contribution >= 0.6 is 11.8 Å². The van der Waals surface area contributed by atoms with Gasteiger partial charge in [-0.2, -0.15) is 0 Å². The van der Waals surface area contributed by atoms with Gasteiger partial charge in [-0.05, 0) is 6.26 Å². The molecule has 27 heavy (non-hydrogen) atoms. The van der Waals surface area contributed by atoms with Gasteiger partial charge in [-0.25, -0.2) is 0 Å². The first kappa shape index (κ1) is 23.2. The summed E-state index contributed by atoms with van der Waals surface area (Å²) in [5.41, 5.74) is -0.902. The SMILES string of the molecule is CO[C@H]1O[C@H](C(OC(C)=O)SC)[C@@H](OC(C)=O)[C@H](OC(C)=O)[C@H]1OC(C)=O. The summed E-state index contributed by atoms with van der Waals surface area (Å²) in [4.78, 5) is 46.2. The summed E-state index contributed by atoms with van der Waals surface area (Å²) in [6.45, 7) is 4.69. The quantitative estimate of drug-likeness (QED) is 0.330. The molecule has 0 amide bonds. The molecular formula is C16H24O10S. The molecule has 0 aromatic heterocycles. The van der Waals surface area contributed by atoms with Crippen molar-refractivity contribution in [3.05, 3.63) is 0 Å². The van der Waals surface area contributed by atoms with Crippen LogP contribution in [0.5, 0.6) is 0 Å². The highest BCUT2D eigenvalue weighted by atomic mass is 32.2. The van der Waals surface area contributed by atoms with Gasteiger partial charge in [0, 0.05) is 34.8 Å². The van der Waals surface area contributed by atoms with Gasteiger partial charge in [-0.3, -0.25) is 19.2 Å². The Bertz CT molecular complexity index is 565. The van der Waals surface area contributed by atoms with Crippen molar-refractivity contribution < 1.29 is 47.6 Å². The van der Waals surface area contributed by atoms with Crippen LogP contribution in [0.2, 0.25) is 0 Å². The second kappa shape index (κ2) is 10.5. The highest BCUT2D eigenvalue weighted by molar-refractivity contribution is 7.99. The number of ether oxygens (including phenoxy) is 6. The van der Waals surface area contributed by atoms with Crippen LogP contribution in [0.25, 0.3) is 0 Å². The lowest BCUT2D eigenvalue weighted by molar-refractivity contribution is -0.305. The van der Waals surface area contributed by atoms with E-state index in [4.69, 9.17) is 28.4 Å². The maximum atomic E-state index is 11.6. The summed E-state index contributed by atoms with van der Waals surface area (Å²) in [7, 11) is 1.30. The standard InChI is InChI=1S/C16H24O10S/c1-7(17)22-11-12(23-8(2)18)14(16(27-6)25-10(4)20)26-15(21-5)13(11)24-9(3)19/h11-16H,1-6H3/t11-,12-,13+,14-,15-,16?/m0/s1. The minimum atomic E-state index is -1.23. The molecule has 0 aromatic rings. The Kier molecular flexibility index (Phi) is 9.00. The largest absolute Gasteiger partial charge is 0.455 e. The summed E-state index contributed by atoms with van der Waals surface area (Å²) in [5.74, 6) is -2.65. The molecule has 0 radical (unpaired) electrons.